The summed E-state index contributed by atoms with van der Waals surface area (Å²) in [7, 11) is 0. The van der Waals surface area contributed by atoms with Crippen molar-refractivity contribution in [2.24, 2.45) is 0 Å². The van der Waals surface area contributed by atoms with Gasteiger partial charge in [-0.1, -0.05) is 0 Å². The molecule has 0 unspecified atom stereocenters. The minimum absolute atomic E-state index is 0.165. The van der Waals surface area contributed by atoms with Crippen LogP contribution in [0.3, 0.4) is 0 Å². The van der Waals surface area contributed by atoms with Crippen molar-refractivity contribution >= 4 is 22.5 Å². The molecule has 1 saturated heterocycles. The van der Waals surface area contributed by atoms with E-state index in [4.69, 9.17) is 4.74 Å². The third-order valence-electron chi connectivity index (χ3n) is 7.38. The summed E-state index contributed by atoms with van der Waals surface area (Å²) in [6, 6.07) is 18.0. The molecular formula is C30H31N7O2. The number of hydrogen-bond acceptors (Lipinski definition) is 7. The van der Waals surface area contributed by atoms with Crippen LogP contribution in [-0.2, 0) is 6.42 Å². The van der Waals surface area contributed by atoms with E-state index in [0.29, 0.717) is 17.0 Å². The number of carbonyl (C=O) groups excluding carboxylic acids is 1. The van der Waals surface area contributed by atoms with Gasteiger partial charge in [-0.2, -0.15) is 10.2 Å². The first-order valence-electron chi connectivity index (χ1n) is 13.5. The van der Waals surface area contributed by atoms with E-state index in [1.54, 1.807) is 12.3 Å². The molecule has 3 heterocycles. The van der Waals surface area contributed by atoms with Gasteiger partial charge in [-0.15, -0.1) is 0 Å². The van der Waals surface area contributed by atoms with E-state index in [9.17, 15) is 10.1 Å². The Bertz CT molecular complexity index is 1500. The van der Waals surface area contributed by atoms with Gasteiger partial charge in [0.15, 0.2) is 0 Å². The molecule has 1 saturated carbocycles. The number of benzene rings is 2. The normalized spacial score (nSPS) is 15.7. The standard InChI is InChI=1S/C30H31N7O2/c31-19-21-3-10-27-26(18-21)22(20-33-27)2-1-13-36-14-16-37(17-15-36)24-6-8-25(9-7-24)39-30-32-12-11-28(35-30)29(38)34-23-4-5-23/h3,6-12,18,20,23,33H,1-2,4-5,13-17H2,(H,34,38). The number of amides is 1. The predicted molar refractivity (Wildman–Crippen MR) is 149 cm³/mol. The second-order valence-corrected chi connectivity index (χ2v) is 10.2. The largest absolute Gasteiger partial charge is 0.424 e. The molecule has 1 aliphatic carbocycles. The van der Waals surface area contributed by atoms with E-state index in [1.165, 1.54) is 5.56 Å². The number of hydrogen-bond donors (Lipinski definition) is 2. The van der Waals surface area contributed by atoms with E-state index in [2.05, 4.69) is 54.5 Å². The van der Waals surface area contributed by atoms with Gasteiger partial charge in [0, 0.05) is 61.2 Å². The minimum Gasteiger partial charge on any atom is -0.424 e. The van der Waals surface area contributed by atoms with E-state index < -0.39 is 0 Å². The monoisotopic (exact) mass is 521 g/mol. The molecule has 1 aliphatic heterocycles. The van der Waals surface area contributed by atoms with E-state index in [0.717, 1.165) is 75.0 Å². The smallest absolute Gasteiger partial charge is 0.322 e. The lowest BCUT2D eigenvalue weighted by Gasteiger charge is -2.36. The van der Waals surface area contributed by atoms with Crippen molar-refractivity contribution in [2.75, 3.05) is 37.6 Å². The lowest BCUT2D eigenvalue weighted by atomic mass is 10.1. The van der Waals surface area contributed by atoms with Crippen molar-refractivity contribution < 1.29 is 9.53 Å². The van der Waals surface area contributed by atoms with Crippen LogP contribution in [0.5, 0.6) is 11.8 Å². The molecule has 6 rings (SSSR count). The number of carbonyl (C=O) groups is 1. The Labute approximate surface area is 227 Å². The predicted octanol–water partition coefficient (Wildman–Crippen LogP) is 4.27. The number of aromatic nitrogens is 3. The van der Waals surface area contributed by atoms with Crippen LogP contribution < -0.4 is 15.0 Å². The van der Waals surface area contributed by atoms with Gasteiger partial charge >= 0.3 is 6.01 Å². The highest BCUT2D eigenvalue weighted by Crippen LogP contribution is 2.25. The highest BCUT2D eigenvalue weighted by molar-refractivity contribution is 5.92. The SMILES string of the molecule is N#Cc1ccc2[nH]cc(CCCN3CCN(c4ccc(Oc5nccc(C(=O)NC6CC6)n5)cc4)CC3)c2c1. The van der Waals surface area contributed by atoms with Gasteiger partial charge in [0.2, 0.25) is 0 Å². The molecule has 9 nitrogen and oxygen atoms in total. The number of nitrogens with zero attached hydrogens (tertiary/aromatic N) is 5. The van der Waals surface area contributed by atoms with Crippen LogP contribution >= 0.6 is 0 Å². The maximum atomic E-state index is 12.2. The Kier molecular flexibility index (Phi) is 7.11. The zero-order valence-electron chi connectivity index (χ0n) is 21.8. The quantitative estimate of drug-likeness (QED) is 0.338. The van der Waals surface area contributed by atoms with Crippen LogP contribution in [0.4, 0.5) is 5.69 Å². The van der Waals surface area contributed by atoms with Gasteiger partial charge in [0.25, 0.3) is 5.91 Å². The third-order valence-corrected chi connectivity index (χ3v) is 7.38. The van der Waals surface area contributed by atoms with Crippen molar-refractivity contribution in [2.45, 2.75) is 31.7 Å². The van der Waals surface area contributed by atoms with Crippen molar-refractivity contribution in [3.05, 3.63) is 77.7 Å². The summed E-state index contributed by atoms with van der Waals surface area (Å²) in [5, 5.41) is 13.3. The van der Waals surface area contributed by atoms with Gasteiger partial charge in [0.1, 0.15) is 11.4 Å². The molecule has 2 N–H and O–H groups in total. The fourth-order valence-corrected chi connectivity index (χ4v) is 5.01. The van der Waals surface area contributed by atoms with Gasteiger partial charge in [-0.25, -0.2) is 4.98 Å². The number of rotatable bonds is 9. The average molecular weight is 522 g/mol. The first-order chi connectivity index (χ1) is 19.1. The Balaban J connectivity index is 0.971. The first-order valence-corrected chi connectivity index (χ1v) is 13.5. The highest BCUT2D eigenvalue weighted by atomic mass is 16.5. The zero-order valence-corrected chi connectivity index (χ0v) is 21.8. The molecule has 2 aliphatic rings. The minimum atomic E-state index is -0.189. The Morgan fingerprint density at radius 1 is 1.10 bits per heavy atom. The summed E-state index contributed by atoms with van der Waals surface area (Å²) in [6.45, 7) is 5.05. The molecule has 9 heteroatoms. The van der Waals surface area contributed by atoms with E-state index in [-0.39, 0.29) is 18.0 Å². The topological polar surface area (TPSA) is 110 Å². The fourth-order valence-electron chi connectivity index (χ4n) is 5.01. The molecule has 2 fully saturated rings. The van der Waals surface area contributed by atoms with Crippen LogP contribution in [-0.4, -0.2) is 64.5 Å². The molecule has 0 bridgehead atoms. The van der Waals surface area contributed by atoms with Gasteiger partial charge < -0.3 is 19.9 Å². The molecule has 2 aromatic heterocycles. The number of H-pyrrole nitrogens is 1. The Morgan fingerprint density at radius 2 is 1.92 bits per heavy atom. The third kappa shape index (κ3) is 6.02. The number of ether oxygens (including phenoxy) is 1. The van der Waals surface area contributed by atoms with E-state index >= 15 is 0 Å². The second kappa shape index (κ2) is 11.1. The number of fused-ring (bicyclic) bond motifs is 1. The van der Waals surface area contributed by atoms with E-state index in [1.807, 2.05) is 30.3 Å². The van der Waals surface area contributed by atoms with Crippen LogP contribution in [0, 0.1) is 11.3 Å². The van der Waals surface area contributed by atoms with Crippen LogP contribution in [0.2, 0.25) is 0 Å². The van der Waals surface area contributed by atoms with Crippen LogP contribution in [0.1, 0.15) is 40.9 Å². The maximum absolute atomic E-state index is 12.2. The van der Waals surface area contributed by atoms with Gasteiger partial charge in [-0.05, 0) is 86.3 Å². The van der Waals surface area contributed by atoms with Crippen molar-refractivity contribution in [3.8, 4) is 17.8 Å². The number of nitrogens with one attached hydrogen (secondary N) is 2. The second-order valence-electron chi connectivity index (χ2n) is 10.2. The van der Waals surface area contributed by atoms with Gasteiger partial charge in [-0.3, -0.25) is 9.69 Å². The number of anilines is 1. The molecular weight excluding hydrogens is 490 g/mol. The lowest BCUT2D eigenvalue weighted by molar-refractivity contribution is 0.0945. The molecule has 1 amide bonds. The average Bonchev–Trinajstić information content (AvgIpc) is 3.71. The molecule has 39 heavy (non-hydrogen) atoms. The summed E-state index contributed by atoms with van der Waals surface area (Å²) in [5.74, 6) is 0.447. The molecule has 0 spiro atoms. The molecule has 2 aromatic carbocycles. The zero-order chi connectivity index (χ0) is 26.6. The Hall–Kier alpha value is -4.42. The fraction of sp³-hybridized carbons (Fsp3) is 0.333. The molecule has 0 atom stereocenters. The number of nitriles is 1. The van der Waals surface area contributed by atoms with Crippen molar-refractivity contribution in [1.29, 1.82) is 5.26 Å². The summed E-state index contributed by atoms with van der Waals surface area (Å²) < 4.78 is 5.82. The van der Waals surface area contributed by atoms with Crippen LogP contribution in [0.15, 0.2) is 60.9 Å². The summed E-state index contributed by atoms with van der Waals surface area (Å²) >= 11 is 0. The molecule has 4 aromatic rings. The summed E-state index contributed by atoms with van der Waals surface area (Å²) in [4.78, 5) is 28.9. The number of aromatic amines is 1. The van der Waals surface area contributed by atoms with Gasteiger partial charge in [0.05, 0.1) is 11.6 Å². The Morgan fingerprint density at radius 3 is 2.69 bits per heavy atom. The lowest BCUT2D eigenvalue weighted by Crippen LogP contribution is -2.46. The first kappa shape index (κ1) is 24.9. The van der Waals surface area contributed by atoms with Crippen molar-refractivity contribution in [1.82, 2.24) is 25.2 Å². The maximum Gasteiger partial charge on any atom is 0.322 e. The van der Waals surface area contributed by atoms with Crippen molar-refractivity contribution in [3.63, 3.8) is 0 Å². The molecule has 0 radical (unpaired) electrons. The summed E-state index contributed by atoms with van der Waals surface area (Å²) in [6.07, 6.45) is 7.75. The highest BCUT2D eigenvalue weighted by Gasteiger charge is 2.24. The van der Waals surface area contributed by atoms with Crippen LogP contribution in [0.25, 0.3) is 10.9 Å². The number of piperazine rings is 1. The number of aryl methyl sites for hydroxylation is 1. The summed E-state index contributed by atoms with van der Waals surface area (Å²) in [5.41, 5.74) is 4.55. The molecule has 198 valence electrons.